The van der Waals surface area contributed by atoms with Crippen molar-refractivity contribution in [2.45, 2.75) is 32.9 Å². The van der Waals surface area contributed by atoms with Crippen LogP contribution < -0.4 is 10.1 Å². The number of rotatable bonds is 7. The van der Waals surface area contributed by atoms with E-state index in [2.05, 4.69) is 5.32 Å². The van der Waals surface area contributed by atoms with E-state index in [1.165, 1.54) is 0 Å². The Morgan fingerprint density at radius 2 is 1.78 bits per heavy atom. The Morgan fingerprint density at radius 3 is 2.37 bits per heavy atom. The third-order valence-electron chi connectivity index (χ3n) is 3.72. The SMILES string of the molecule is CC(C)Oc1cccc(C(C)NC(=O)c2cc(C(=O)O)cc([N+](=O)[O-])c2)c1. The van der Waals surface area contributed by atoms with E-state index in [4.69, 9.17) is 9.84 Å². The summed E-state index contributed by atoms with van der Waals surface area (Å²) < 4.78 is 5.63. The minimum atomic E-state index is -1.35. The van der Waals surface area contributed by atoms with Crippen molar-refractivity contribution in [1.82, 2.24) is 5.32 Å². The van der Waals surface area contributed by atoms with Gasteiger partial charge >= 0.3 is 5.97 Å². The molecule has 27 heavy (non-hydrogen) atoms. The largest absolute Gasteiger partial charge is 0.491 e. The number of non-ortho nitro benzene ring substituents is 1. The van der Waals surface area contributed by atoms with Crippen molar-refractivity contribution in [1.29, 1.82) is 0 Å². The van der Waals surface area contributed by atoms with Gasteiger partial charge in [-0.05, 0) is 44.5 Å². The molecular formula is C19H20N2O6. The zero-order valence-electron chi connectivity index (χ0n) is 15.1. The van der Waals surface area contributed by atoms with Crippen LogP contribution >= 0.6 is 0 Å². The molecule has 8 heteroatoms. The van der Waals surface area contributed by atoms with Crippen molar-refractivity contribution in [3.05, 3.63) is 69.3 Å². The Labute approximate surface area is 155 Å². The predicted molar refractivity (Wildman–Crippen MR) is 98.1 cm³/mol. The number of nitro groups is 1. The molecule has 1 unspecified atom stereocenters. The number of carboxylic acid groups (broad SMARTS) is 1. The van der Waals surface area contributed by atoms with Gasteiger partial charge in [0.25, 0.3) is 11.6 Å². The highest BCUT2D eigenvalue weighted by molar-refractivity contribution is 5.98. The van der Waals surface area contributed by atoms with Crippen LogP contribution in [0.2, 0.25) is 0 Å². The Bertz CT molecular complexity index is 846. The number of carboxylic acids is 1. The van der Waals surface area contributed by atoms with Gasteiger partial charge in [-0.15, -0.1) is 0 Å². The van der Waals surface area contributed by atoms with Crippen LogP contribution in [0.3, 0.4) is 0 Å². The lowest BCUT2D eigenvalue weighted by atomic mass is 10.1. The summed E-state index contributed by atoms with van der Waals surface area (Å²) in [4.78, 5) is 33.9. The number of hydrogen-bond donors (Lipinski definition) is 2. The van der Waals surface area contributed by atoms with E-state index in [-0.39, 0.29) is 17.2 Å². The summed E-state index contributed by atoms with van der Waals surface area (Å²) in [7, 11) is 0. The number of amides is 1. The number of carbonyl (C=O) groups is 2. The second-order valence-electron chi connectivity index (χ2n) is 6.27. The zero-order chi connectivity index (χ0) is 20.1. The summed E-state index contributed by atoms with van der Waals surface area (Å²) in [6.45, 7) is 5.56. The van der Waals surface area contributed by atoms with Crippen molar-refractivity contribution >= 4 is 17.6 Å². The predicted octanol–water partition coefficient (Wildman–Crippen LogP) is 3.57. The van der Waals surface area contributed by atoms with E-state index in [9.17, 15) is 19.7 Å². The van der Waals surface area contributed by atoms with Gasteiger partial charge in [0.1, 0.15) is 5.75 Å². The molecule has 0 spiro atoms. The molecule has 0 saturated carbocycles. The Balaban J connectivity index is 2.24. The molecule has 1 amide bonds. The first-order valence-corrected chi connectivity index (χ1v) is 8.27. The molecular weight excluding hydrogens is 352 g/mol. The van der Waals surface area contributed by atoms with Crippen molar-refractivity contribution in [3.63, 3.8) is 0 Å². The zero-order valence-corrected chi connectivity index (χ0v) is 15.1. The first-order valence-electron chi connectivity index (χ1n) is 8.27. The molecule has 0 aliphatic heterocycles. The van der Waals surface area contributed by atoms with Gasteiger partial charge < -0.3 is 15.2 Å². The van der Waals surface area contributed by atoms with E-state index in [1.54, 1.807) is 25.1 Å². The molecule has 0 aliphatic rings. The Hall–Kier alpha value is -3.42. The lowest BCUT2D eigenvalue weighted by Gasteiger charge is -2.17. The number of nitrogens with zero attached hydrogens (tertiary/aromatic N) is 1. The molecule has 2 N–H and O–H groups in total. The highest BCUT2D eigenvalue weighted by Gasteiger charge is 2.19. The van der Waals surface area contributed by atoms with Crippen molar-refractivity contribution < 1.29 is 24.4 Å². The average molecular weight is 372 g/mol. The first-order chi connectivity index (χ1) is 12.7. The maximum Gasteiger partial charge on any atom is 0.335 e. The maximum atomic E-state index is 12.5. The molecule has 0 saturated heterocycles. The second-order valence-corrected chi connectivity index (χ2v) is 6.27. The minimum Gasteiger partial charge on any atom is -0.491 e. The standard InChI is InChI=1S/C19H20N2O6/c1-11(2)27-17-6-4-5-13(10-17)12(3)20-18(22)14-7-15(19(23)24)9-16(8-14)21(25)26/h4-12H,1-3H3,(H,20,22)(H,23,24). The summed E-state index contributed by atoms with van der Waals surface area (Å²) in [6, 6.07) is 9.86. The lowest BCUT2D eigenvalue weighted by molar-refractivity contribution is -0.384. The minimum absolute atomic E-state index is 0.00412. The van der Waals surface area contributed by atoms with Crippen LogP contribution in [0.1, 0.15) is 53.1 Å². The van der Waals surface area contributed by atoms with Crippen molar-refractivity contribution in [3.8, 4) is 5.75 Å². The van der Waals surface area contributed by atoms with Crippen LogP contribution in [0.25, 0.3) is 0 Å². The molecule has 2 aromatic carbocycles. The van der Waals surface area contributed by atoms with Crippen LogP contribution in [0, 0.1) is 10.1 Å². The first kappa shape index (κ1) is 19.9. The second kappa shape index (κ2) is 8.31. The smallest absolute Gasteiger partial charge is 0.335 e. The molecule has 0 bridgehead atoms. The third kappa shape index (κ3) is 5.27. The molecule has 0 aromatic heterocycles. The fourth-order valence-electron chi connectivity index (χ4n) is 2.46. The van der Waals surface area contributed by atoms with Gasteiger partial charge in [0, 0.05) is 17.7 Å². The average Bonchev–Trinajstić information content (AvgIpc) is 2.60. The Kier molecular flexibility index (Phi) is 6.12. The van der Waals surface area contributed by atoms with E-state index < -0.39 is 28.5 Å². The van der Waals surface area contributed by atoms with Gasteiger partial charge in [-0.2, -0.15) is 0 Å². The molecule has 0 radical (unpaired) electrons. The van der Waals surface area contributed by atoms with E-state index in [0.717, 1.165) is 23.8 Å². The number of aromatic carboxylic acids is 1. The number of benzene rings is 2. The van der Waals surface area contributed by atoms with Gasteiger partial charge in [0.15, 0.2) is 0 Å². The lowest BCUT2D eigenvalue weighted by Crippen LogP contribution is -2.27. The highest BCUT2D eigenvalue weighted by atomic mass is 16.6. The highest BCUT2D eigenvalue weighted by Crippen LogP contribution is 2.22. The van der Waals surface area contributed by atoms with Gasteiger partial charge in [-0.3, -0.25) is 14.9 Å². The number of carbonyl (C=O) groups excluding carboxylic acids is 1. The quantitative estimate of drug-likeness (QED) is 0.566. The number of ether oxygens (including phenoxy) is 1. The van der Waals surface area contributed by atoms with E-state index in [1.807, 2.05) is 19.9 Å². The number of hydrogen-bond acceptors (Lipinski definition) is 5. The third-order valence-corrected chi connectivity index (χ3v) is 3.72. The molecule has 8 nitrogen and oxygen atoms in total. The van der Waals surface area contributed by atoms with Gasteiger partial charge in [0.2, 0.25) is 0 Å². The summed E-state index contributed by atoms with van der Waals surface area (Å²) >= 11 is 0. The van der Waals surface area contributed by atoms with Crippen LogP contribution in [-0.4, -0.2) is 28.0 Å². The molecule has 0 aliphatic carbocycles. The fourth-order valence-corrected chi connectivity index (χ4v) is 2.46. The maximum absolute atomic E-state index is 12.5. The molecule has 0 heterocycles. The molecule has 142 valence electrons. The monoisotopic (exact) mass is 372 g/mol. The van der Waals surface area contributed by atoms with Crippen LogP contribution in [0.4, 0.5) is 5.69 Å². The number of nitrogens with one attached hydrogen (secondary N) is 1. The van der Waals surface area contributed by atoms with Gasteiger partial charge in [-0.1, -0.05) is 12.1 Å². The van der Waals surface area contributed by atoms with E-state index >= 15 is 0 Å². The van der Waals surface area contributed by atoms with Gasteiger partial charge in [0.05, 0.1) is 22.6 Å². The molecule has 1 atom stereocenters. The summed E-state index contributed by atoms with van der Waals surface area (Å²) in [5.41, 5.74) is -0.0946. The van der Waals surface area contributed by atoms with Crippen LogP contribution in [-0.2, 0) is 0 Å². The summed E-state index contributed by atoms with van der Waals surface area (Å²) in [6.07, 6.45) is 0.00412. The Morgan fingerprint density at radius 1 is 1.11 bits per heavy atom. The fraction of sp³-hybridized carbons (Fsp3) is 0.263. The molecule has 2 rings (SSSR count). The van der Waals surface area contributed by atoms with Crippen LogP contribution in [0.5, 0.6) is 5.75 Å². The van der Waals surface area contributed by atoms with Crippen molar-refractivity contribution in [2.75, 3.05) is 0 Å². The van der Waals surface area contributed by atoms with E-state index in [0.29, 0.717) is 5.75 Å². The topological polar surface area (TPSA) is 119 Å². The molecule has 2 aromatic rings. The summed E-state index contributed by atoms with van der Waals surface area (Å²) in [5.74, 6) is -1.30. The number of nitro benzene ring substituents is 1. The van der Waals surface area contributed by atoms with Crippen molar-refractivity contribution in [2.24, 2.45) is 0 Å². The van der Waals surface area contributed by atoms with Gasteiger partial charge in [-0.25, -0.2) is 4.79 Å². The summed E-state index contributed by atoms with van der Waals surface area (Å²) in [5, 5.41) is 22.8. The molecule has 0 fully saturated rings. The van der Waals surface area contributed by atoms with Crippen LogP contribution in [0.15, 0.2) is 42.5 Å². The normalized spacial score (nSPS) is 11.7.